The molecule has 3 aromatic rings. The molecule has 1 amide bonds. The fourth-order valence-corrected chi connectivity index (χ4v) is 4.21. The van der Waals surface area contributed by atoms with E-state index in [4.69, 9.17) is 13.9 Å². The minimum atomic E-state index is -0.245. The number of nitrogens with one attached hydrogen (secondary N) is 1. The molecule has 1 fully saturated rings. The molecule has 1 atom stereocenters. The maximum Gasteiger partial charge on any atom is 0.287 e. The number of piperazine rings is 1. The van der Waals surface area contributed by atoms with Crippen molar-refractivity contribution in [2.24, 2.45) is 0 Å². The summed E-state index contributed by atoms with van der Waals surface area (Å²) >= 11 is 0. The van der Waals surface area contributed by atoms with Crippen molar-refractivity contribution in [3.8, 4) is 11.5 Å². The van der Waals surface area contributed by atoms with E-state index in [9.17, 15) is 9.18 Å². The topological polar surface area (TPSA) is 67.2 Å². The Balaban J connectivity index is 1.31. The zero-order chi connectivity index (χ0) is 21.9. The van der Waals surface area contributed by atoms with E-state index < -0.39 is 0 Å². The second-order valence-electron chi connectivity index (χ2n) is 7.82. The van der Waals surface area contributed by atoms with Crippen LogP contribution in [-0.4, -0.2) is 50.3 Å². The third kappa shape index (κ3) is 4.27. The first-order valence-electron chi connectivity index (χ1n) is 10.6. The van der Waals surface area contributed by atoms with Crippen molar-refractivity contribution in [1.29, 1.82) is 0 Å². The Labute approximate surface area is 185 Å². The Morgan fingerprint density at radius 1 is 1.00 bits per heavy atom. The summed E-state index contributed by atoms with van der Waals surface area (Å²) in [5, 5.41) is 3.00. The van der Waals surface area contributed by atoms with Crippen LogP contribution in [0.25, 0.3) is 0 Å². The molecule has 166 valence electrons. The first kappa shape index (κ1) is 20.4. The molecule has 32 heavy (non-hydrogen) atoms. The summed E-state index contributed by atoms with van der Waals surface area (Å²) in [6.45, 7) is 3.85. The van der Waals surface area contributed by atoms with Crippen LogP contribution < -0.4 is 19.7 Å². The summed E-state index contributed by atoms with van der Waals surface area (Å²) in [4.78, 5) is 17.1. The average Bonchev–Trinajstić information content (AvgIpc) is 3.52. The quantitative estimate of drug-likeness (QED) is 0.637. The van der Waals surface area contributed by atoms with Crippen LogP contribution in [0.4, 0.5) is 10.1 Å². The van der Waals surface area contributed by atoms with Crippen LogP contribution in [0.2, 0.25) is 0 Å². The molecular weight excluding hydrogens is 413 g/mol. The smallest absolute Gasteiger partial charge is 0.287 e. The van der Waals surface area contributed by atoms with Crippen LogP contribution in [0.1, 0.15) is 22.2 Å². The summed E-state index contributed by atoms with van der Waals surface area (Å²) in [7, 11) is 0. The molecule has 8 heteroatoms. The van der Waals surface area contributed by atoms with E-state index in [1.165, 1.54) is 18.4 Å². The predicted octanol–water partition coefficient (Wildman–Crippen LogP) is 3.44. The van der Waals surface area contributed by atoms with Crippen molar-refractivity contribution < 1.29 is 23.1 Å². The Kier molecular flexibility index (Phi) is 5.68. The van der Waals surface area contributed by atoms with Gasteiger partial charge in [-0.1, -0.05) is 6.07 Å². The van der Waals surface area contributed by atoms with Crippen molar-refractivity contribution in [3.63, 3.8) is 0 Å². The fraction of sp³-hybridized carbons (Fsp3) is 0.292. The van der Waals surface area contributed by atoms with Gasteiger partial charge in [-0.05, 0) is 54.1 Å². The summed E-state index contributed by atoms with van der Waals surface area (Å²) in [6.07, 6.45) is 1.49. The summed E-state index contributed by atoms with van der Waals surface area (Å²) in [6, 6.07) is 15.8. The first-order valence-corrected chi connectivity index (χ1v) is 10.6. The van der Waals surface area contributed by atoms with Crippen LogP contribution in [0.5, 0.6) is 11.5 Å². The highest BCUT2D eigenvalue weighted by Crippen LogP contribution is 2.35. The van der Waals surface area contributed by atoms with Gasteiger partial charge in [-0.25, -0.2) is 4.39 Å². The molecule has 1 saturated heterocycles. The molecule has 1 N–H and O–H groups in total. The zero-order valence-electron chi connectivity index (χ0n) is 17.5. The fourth-order valence-electron chi connectivity index (χ4n) is 4.21. The molecule has 0 radical (unpaired) electrons. The van der Waals surface area contributed by atoms with Gasteiger partial charge in [0.05, 0.1) is 12.3 Å². The van der Waals surface area contributed by atoms with Gasteiger partial charge in [0.1, 0.15) is 5.82 Å². The number of amides is 1. The number of hydrogen-bond acceptors (Lipinski definition) is 6. The van der Waals surface area contributed by atoms with E-state index in [2.05, 4.69) is 15.1 Å². The van der Waals surface area contributed by atoms with E-state index in [0.29, 0.717) is 6.54 Å². The molecule has 2 aliphatic rings. The van der Waals surface area contributed by atoms with Gasteiger partial charge >= 0.3 is 0 Å². The number of carbonyl (C=O) groups excluding carboxylic acids is 1. The van der Waals surface area contributed by atoms with E-state index in [0.717, 1.165) is 48.9 Å². The molecule has 5 rings (SSSR count). The monoisotopic (exact) mass is 437 g/mol. The number of ether oxygens (including phenoxy) is 2. The lowest BCUT2D eigenvalue weighted by Gasteiger charge is -2.40. The highest BCUT2D eigenvalue weighted by molar-refractivity contribution is 5.91. The Morgan fingerprint density at radius 3 is 2.53 bits per heavy atom. The van der Waals surface area contributed by atoms with E-state index in [-0.39, 0.29) is 30.3 Å². The lowest BCUT2D eigenvalue weighted by molar-refractivity contribution is 0.0902. The van der Waals surface area contributed by atoms with Crippen molar-refractivity contribution >= 4 is 11.6 Å². The molecule has 2 aromatic carbocycles. The van der Waals surface area contributed by atoms with E-state index >= 15 is 0 Å². The summed E-state index contributed by atoms with van der Waals surface area (Å²) in [5.74, 6) is 1.26. The van der Waals surface area contributed by atoms with Crippen LogP contribution in [0, 0.1) is 5.82 Å². The van der Waals surface area contributed by atoms with Gasteiger partial charge in [-0.3, -0.25) is 9.69 Å². The molecule has 0 spiro atoms. The minimum Gasteiger partial charge on any atom is -0.459 e. The van der Waals surface area contributed by atoms with Gasteiger partial charge in [-0.15, -0.1) is 0 Å². The maximum absolute atomic E-state index is 13.3. The molecule has 1 unspecified atom stereocenters. The third-order valence-corrected chi connectivity index (χ3v) is 5.93. The number of halogens is 1. The summed E-state index contributed by atoms with van der Waals surface area (Å²) in [5.41, 5.74) is 2.06. The largest absolute Gasteiger partial charge is 0.459 e. The Hall–Kier alpha value is -3.52. The number of carbonyl (C=O) groups is 1. The van der Waals surface area contributed by atoms with Crippen LogP contribution in [-0.2, 0) is 0 Å². The number of furan rings is 1. The Bertz CT molecular complexity index is 1060. The van der Waals surface area contributed by atoms with Crippen molar-refractivity contribution in [2.45, 2.75) is 6.04 Å². The normalized spacial score (nSPS) is 16.7. The minimum absolute atomic E-state index is 0.0428. The number of fused-ring (bicyclic) bond motifs is 1. The second kappa shape index (κ2) is 8.92. The molecule has 0 saturated carbocycles. The lowest BCUT2D eigenvalue weighted by atomic mass is 10.0. The molecular formula is C24H24FN3O4. The molecule has 0 bridgehead atoms. The lowest BCUT2D eigenvalue weighted by Crippen LogP contribution is -2.50. The Morgan fingerprint density at radius 2 is 1.78 bits per heavy atom. The van der Waals surface area contributed by atoms with Crippen LogP contribution in [0.3, 0.4) is 0 Å². The van der Waals surface area contributed by atoms with Gasteiger partial charge in [0.25, 0.3) is 5.91 Å². The maximum atomic E-state index is 13.3. The molecule has 3 heterocycles. The van der Waals surface area contributed by atoms with Crippen molar-refractivity contribution in [1.82, 2.24) is 10.2 Å². The average molecular weight is 437 g/mol. The standard InChI is InChI=1S/C24H24FN3O4/c25-18-4-6-19(7-5-18)27-9-11-28(12-10-27)20(15-26-24(29)22-2-1-13-30-22)17-3-8-21-23(14-17)32-16-31-21/h1-8,13-14,20H,9-12,15-16H2,(H,26,29). The van der Waals surface area contributed by atoms with Crippen LogP contribution >= 0.6 is 0 Å². The number of hydrogen-bond donors (Lipinski definition) is 1. The van der Waals surface area contributed by atoms with Gasteiger partial charge in [0.2, 0.25) is 6.79 Å². The van der Waals surface area contributed by atoms with Gasteiger partial charge in [0.15, 0.2) is 17.3 Å². The van der Waals surface area contributed by atoms with Gasteiger partial charge in [0, 0.05) is 38.4 Å². The number of benzene rings is 2. The number of anilines is 1. The van der Waals surface area contributed by atoms with Crippen molar-refractivity contribution in [2.75, 3.05) is 44.4 Å². The van der Waals surface area contributed by atoms with Gasteiger partial charge in [-0.2, -0.15) is 0 Å². The van der Waals surface area contributed by atoms with Crippen LogP contribution in [0.15, 0.2) is 65.3 Å². The third-order valence-electron chi connectivity index (χ3n) is 5.93. The van der Waals surface area contributed by atoms with Crippen molar-refractivity contribution in [3.05, 3.63) is 78.0 Å². The SMILES string of the molecule is O=C(NCC(c1ccc2c(c1)OCO2)N1CCN(c2ccc(F)cc2)CC1)c1ccco1. The summed E-state index contributed by atoms with van der Waals surface area (Å²) < 4.78 is 29.5. The van der Waals surface area contributed by atoms with E-state index in [1.807, 2.05) is 30.3 Å². The van der Waals surface area contributed by atoms with E-state index in [1.54, 1.807) is 12.1 Å². The highest BCUT2D eigenvalue weighted by Gasteiger charge is 2.27. The molecule has 0 aliphatic carbocycles. The zero-order valence-corrected chi connectivity index (χ0v) is 17.5. The number of nitrogens with zero attached hydrogens (tertiary/aromatic N) is 2. The van der Waals surface area contributed by atoms with Gasteiger partial charge < -0.3 is 24.1 Å². The number of rotatable bonds is 6. The molecule has 2 aliphatic heterocycles. The second-order valence-corrected chi connectivity index (χ2v) is 7.82. The first-order chi connectivity index (χ1) is 15.7. The molecule has 7 nitrogen and oxygen atoms in total. The molecule has 1 aromatic heterocycles. The predicted molar refractivity (Wildman–Crippen MR) is 117 cm³/mol. The highest BCUT2D eigenvalue weighted by atomic mass is 19.1.